The van der Waals surface area contributed by atoms with Gasteiger partial charge in [0.2, 0.25) is 0 Å². The summed E-state index contributed by atoms with van der Waals surface area (Å²) in [6, 6.07) is 69.6. The first kappa shape index (κ1) is 30.4. The summed E-state index contributed by atoms with van der Waals surface area (Å²) in [6.07, 6.45) is 0. The predicted octanol–water partition coefficient (Wildman–Crippen LogP) is 14.3. The molecule has 0 N–H and O–H groups in total. The molecule has 0 amide bonds. The molecule has 0 radical (unpaired) electrons. The lowest BCUT2D eigenvalue weighted by Gasteiger charge is -2.26. The molecule has 0 saturated heterocycles. The number of fused-ring (bicyclic) bond motifs is 6. The zero-order chi connectivity index (χ0) is 34.4. The summed E-state index contributed by atoms with van der Waals surface area (Å²) in [5.74, 6) is 0.0959. The molecule has 246 valence electrons. The van der Waals surface area contributed by atoms with E-state index in [4.69, 9.17) is 4.42 Å². The van der Waals surface area contributed by atoms with Crippen molar-refractivity contribution < 1.29 is 4.42 Å². The minimum Gasteiger partial charge on any atom is -0.455 e. The van der Waals surface area contributed by atoms with Crippen LogP contribution in [0.1, 0.15) is 22.6 Å². The van der Waals surface area contributed by atoms with Gasteiger partial charge in [0.05, 0.1) is 11.1 Å². The van der Waals surface area contributed by atoms with Crippen molar-refractivity contribution >= 4 is 70.5 Å². The molecule has 3 heteroatoms. The predicted molar refractivity (Wildman–Crippen MR) is 221 cm³/mol. The van der Waals surface area contributed by atoms with Crippen LogP contribution in [-0.2, 0) is 0 Å². The van der Waals surface area contributed by atoms with E-state index in [-0.39, 0.29) is 5.92 Å². The van der Waals surface area contributed by atoms with Gasteiger partial charge in [-0.05, 0) is 64.7 Å². The van der Waals surface area contributed by atoms with Gasteiger partial charge in [-0.3, -0.25) is 0 Å². The highest BCUT2D eigenvalue weighted by atomic mass is 32.1. The summed E-state index contributed by atoms with van der Waals surface area (Å²) >= 11 is 1.89. The van der Waals surface area contributed by atoms with Gasteiger partial charge in [0.25, 0.3) is 0 Å². The van der Waals surface area contributed by atoms with Gasteiger partial charge in [-0.2, -0.15) is 0 Å². The number of benzene rings is 8. The van der Waals surface area contributed by atoms with Crippen molar-refractivity contribution in [2.75, 3.05) is 4.90 Å². The number of nitrogens with zero attached hydrogens (tertiary/aromatic N) is 1. The molecule has 0 spiro atoms. The minimum atomic E-state index is 0.0959. The molecule has 10 aromatic rings. The number of rotatable bonds is 7. The molecule has 0 aliphatic carbocycles. The molecular weight excluding hydrogens is 651 g/mol. The Kier molecular flexibility index (Phi) is 7.44. The van der Waals surface area contributed by atoms with Gasteiger partial charge < -0.3 is 9.32 Å². The SMILES string of the molecule is c1ccc(C(c2ccc(-c3cccc4c3oc3cccc(N(c5ccccc5)c5ccccc5)c34)cc2)c2cccc3c2sc2ccccc23)cc1. The van der Waals surface area contributed by atoms with Gasteiger partial charge in [0.1, 0.15) is 11.2 Å². The molecular formula is C49H33NOS. The molecule has 52 heavy (non-hydrogen) atoms. The molecule has 0 saturated carbocycles. The summed E-state index contributed by atoms with van der Waals surface area (Å²) in [7, 11) is 0. The van der Waals surface area contributed by atoms with Crippen molar-refractivity contribution in [3.63, 3.8) is 0 Å². The number of para-hydroxylation sites is 3. The van der Waals surface area contributed by atoms with E-state index in [2.05, 4.69) is 199 Å². The largest absolute Gasteiger partial charge is 0.455 e. The lowest BCUT2D eigenvalue weighted by Crippen LogP contribution is -2.09. The van der Waals surface area contributed by atoms with Gasteiger partial charge >= 0.3 is 0 Å². The highest BCUT2D eigenvalue weighted by Gasteiger charge is 2.23. The van der Waals surface area contributed by atoms with Crippen molar-refractivity contribution in [1.29, 1.82) is 0 Å². The maximum absolute atomic E-state index is 6.77. The number of thiophene rings is 1. The smallest absolute Gasteiger partial charge is 0.143 e. The Morgan fingerprint density at radius 1 is 0.462 bits per heavy atom. The second kappa shape index (κ2) is 12.7. The quantitative estimate of drug-likeness (QED) is 0.156. The van der Waals surface area contributed by atoms with Crippen LogP contribution in [0.3, 0.4) is 0 Å². The average Bonchev–Trinajstić information content (AvgIpc) is 3.79. The van der Waals surface area contributed by atoms with Crippen molar-refractivity contribution in [3.8, 4) is 11.1 Å². The fourth-order valence-corrected chi connectivity index (χ4v) is 9.12. The zero-order valence-electron chi connectivity index (χ0n) is 28.3. The van der Waals surface area contributed by atoms with E-state index < -0.39 is 0 Å². The van der Waals surface area contributed by atoms with Crippen LogP contribution in [0.4, 0.5) is 17.1 Å². The molecule has 1 atom stereocenters. The third kappa shape index (κ3) is 5.09. The normalized spacial score (nSPS) is 12.2. The maximum Gasteiger partial charge on any atom is 0.143 e. The molecule has 2 heterocycles. The zero-order valence-corrected chi connectivity index (χ0v) is 29.1. The van der Waals surface area contributed by atoms with Crippen molar-refractivity contribution in [2.24, 2.45) is 0 Å². The fourth-order valence-electron chi connectivity index (χ4n) is 7.87. The van der Waals surface area contributed by atoms with E-state index >= 15 is 0 Å². The minimum absolute atomic E-state index is 0.0959. The fraction of sp³-hybridized carbons (Fsp3) is 0.0204. The van der Waals surface area contributed by atoms with Crippen LogP contribution in [0.2, 0.25) is 0 Å². The highest BCUT2D eigenvalue weighted by molar-refractivity contribution is 7.26. The molecule has 10 rings (SSSR count). The Balaban J connectivity index is 1.10. The second-order valence-corrected chi connectivity index (χ2v) is 14.3. The van der Waals surface area contributed by atoms with Crippen molar-refractivity contribution in [1.82, 2.24) is 0 Å². The van der Waals surface area contributed by atoms with E-state index in [1.54, 1.807) is 0 Å². The monoisotopic (exact) mass is 683 g/mol. The summed E-state index contributed by atoms with van der Waals surface area (Å²) in [4.78, 5) is 2.32. The molecule has 0 aliphatic rings. The van der Waals surface area contributed by atoms with Crippen LogP contribution in [-0.4, -0.2) is 0 Å². The van der Waals surface area contributed by atoms with Gasteiger partial charge in [-0.25, -0.2) is 0 Å². The van der Waals surface area contributed by atoms with Crippen molar-refractivity contribution in [3.05, 3.63) is 211 Å². The van der Waals surface area contributed by atoms with E-state index in [1.807, 2.05) is 11.3 Å². The molecule has 8 aromatic carbocycles. The molecule has 2 aromatic heterocycles. The Hall–Kier alpha value is -6.42. The molecule has 1 unspecified atom stereocenters. The molecule has 0 aliphatic heterocycles. The standard InChI is InChI=1S/C49H33NOS/c1-4-15-34(16-5-1)46(42-25-13-23-40-39-21-10-11-28-45(39)52-49(40)42)35-31-29-33(30-32-35)38-22-12-24-41-47-43(26-14-27-44(47)51-48(38)41)50(36-17-6-2-7-18-36)37-19-8-3-9-20-37/h1-32,46H. The van der Waals surface area contributed by atoms with Crippen LogP contribution in [0.15, 0.2) is 199 Å². The number of hydrogen-bond acceptors (Lipinski definition) is 3. The molecule has 0 fully saturated rings. The Bertz CT molecular complexity index is 2800. The third-order valence-electron chi connectivity index (χ3n) is 10.2. The summed E-state index contributed by atoms with van der Waals surface area (Å²) in [5.41, 5.74) is 11.2. The summed E-state index contributed by atoms with van der Waals surface area (Å²) < 4.78 is 9.44. The number of furan rings is 1. The summed E-state index contributed by atoms with van der Waals surface area (Å²) in [6.45, 7) is 0. The van der Waals surface area contributed by atoms with Crippen molar-refractivity contribution in [2.45, 2.75) is 5.92 Å². The van der Waals surface area contributed by atoms with Crippen LogP contribution >= 0.6 is 11.3 Å². The Morgan fingerprint density at radius 3 is 1.81 bits per heavy atom. The Labute approximate surface area is 306 Å². The van der Waals surface area contributed by atoms with Crippen LogP contribution in [0.5, 0.6) is 0 Å². The average molecular weight is 684 g/mol. The number of anilines is 3. The maximum atomic E-state index is 6.77. The second-order valence-electron chi connectivity index (χ2n) is 13.2. The first-order valence-corrected chi connectivity index (χ1v) is 18.5. The van der Waals surface area contributed by atoms with Gasteiger partial charge in [-0.15, -0.1) is 11.3 Å². The van der Waals surface area contributed by atoms with E-state index in [0.29, 0.717) is 0 Å². The number of hydrogen-bond donors (Lipinski definition) is 0. The van der Waals surface area contributed by atoms with Gasteiger partial charge in [-0.1, -0.05) is 152 Å². The lowest BCUT2D eigenvalue weighted by molar-refractivity contribution is 0.670. The van der Waals surface area contributed by atoms with Gasteiger partial charge in [0.15, 0.2) is 0 Å². The van der Waals surface area contributed by atoms with Crippen LogP contribution in [0, 0.1) is 0 Å². The van der Waals surface area contributed by atoms with E-state index in [9.17, 15) is 0 Å². The Morgan fingerprint density at radius 2 is 1.06 bits per heavy atom. The summed E-state index contributed by atoms with van der Waals surface area (Å²) in [5, 5.41) is 4.85. The first-order chi connectivity index (χ1) is 25.8. The van der Waals surface area contributed by atoms with Crippen LogP contribution in [0.25, 0.3) is 53.2 Å². The third-order valence-corrected chi connectivity index (χ3v) is 11.4. The van der Waals surface area contributed by atoms with E-state index in [1.165, 1.54) is 36.9 Å². The lowest BCUT2D eigenvalue weighted by atomic mass is 9.84. The topological polar surface area (TPSA) is 16.4 Å². The molecule has 0 bridgehead atoms. The molecule has 2 nitrogen and oxygen atoms in total. The first-order valence-electron chi connectivity index (χ1n) is 17.7. The van der Waals surface area contributed by atoms with Gasteiger partial charge in [0, 0.05) is 48.4 Å². The van der Waals surface area contributed by atoms with Crippen LogP contribution < -0.4 is 4.90 Å². The van der Waals surface area contributed by atoms with E-state index in [0.717, 1.165) is 50.1 Å². The highest BCUT2D eigenvalue weighted by Crippen LogP contribution is 2.46.